The van der Waals surface area contributed by atoms with Gasteiger partial charge in [0, 0.05) is 24.2 Å². The second-order valence-corrected chi connectivity index (χ2v) is 7.33. The van der Waals surface area contributed by atoms with Crippen LogP contribution in [0.25, 0.3) is 0 Å². The number of fused-ring (bicyclic) bond motifs is 1. The van der Waals surface area contributed by atoms with Gasteiger partial charge in [0.1, 0.15) is 5.75 Å². The van der Waals surface area contributed by atoms with Gasteiger partial charge >= 0.3 is 0 Å². The lowest BCUT2D eigenvalue weighted by Gasteiger charge is -2.29. The van der Waals surface area contributed by atoms with E-state index in [1.807, 2.05) is 25.1 Å². The van der Waals surface area contributed by atoms with E-state index in [9.17, 15) is 14.4 Å². The van der Waals surface area contributed by atoms with E-state index < -0.39 is 0 Å². The Morgan fingerprint density at radius 1 is 1.20 bits per heavy atom. The summed E-state index contributed by atoms with van der Waals surface area (Å²) in [5.74, 6) is 0.104. The van der Waals surface area contributed by atoms with Crippen LogP contribution in [0, 0.1) is 0 Å². The number of amides is 3. The number of nitrogens with zero attached hydrogens (tertiary/aromatic N) is 2. The van der Waals surface area contributed by atoms with Gasteiger partial charge in [-0.05, 0) is 38.2 Å². The van der Waals surface area contributed by atoms with E-state index in [0.29, 0.717) is 22.8 Å². The lowest BCUT2D eigenvalue weighted by molar-refractivity contribution is -0.121. The van der Waals surface area contributed by atoms with Crippen LogP contribution in [0.5, 0.6) is 5.75 Å². The molecule has 1 atom stereocenters. The minimum Gasteiger partial charge on any atom is -0.497 e. The maximum Gasteiger partial charge on any atom is 0.241 e. The van der Waals surface area contributed by atoms with Crippen LogP contribution in [0.3, 0.4) is 0 Å². The molecule has 1 unspecified atom stereocenters. The molecule has 0 spiro atoms. The first kappa shape index (κ1) is 21.3. The number of carbonyl (C=O) groups excluding carboxylic acids is 3. The van der Waals surface area contributed by atoms with Crippen LogP contribution < -0.4 is 20.3 Å². The van der Waals surface area contributed by atoms with Crippen LogP contribution in [-0.2, 0) is 14.4 Å². The average Bonchev–Trinajstić information content (AvgIpc) is 2.81. The van der Waals surface area contributed by atoms with Gasteiger partial charge in [0.2, 0.25) is 17.7 Å². The maximum absolute atomic E-state index is 13.1. The smallest absolute Gasteiger partial charge is 0.241 e. The first-order valence-electron chi connectivity index (χ1n) is 9.70. The minimum absolute atomic E-state index is 0.0401. The third kappa shape index (κ3) is 5.15. The molecule has 2 aromatic carbocycles. The summed E-state index contributed by atoms with van der Waals surface area (Å²) in [6.07, 6.45) is 0.209. The molecule has 30 heavy (non-hydrogen) atoms. The van der Waals surface area contributed by atoms with Crippen molar-refractivity contribution in [2.45, 2.75) is 19.4 Å². The van der Waals surface area contributed by atoms with E-state index in [0.717, 1.165) is 0 Å². The molecule has 0 aliphatic carbocycles. The SMILES string of the molecule is COc1cccc(NC(=O)CN(C)CC(=O)N2c3ccccc3NC(=O)CC2C)c1. The average molecular weight is 410 g/mol. The van der Waals surface area contributed by atoms with Crippen LogP contribution in [0.1, 0.15) is 13.3 Å². The van der Waals surface area contributed by atoms with E-state index in [2.05, 4.69) is 10.6 Å². The molecule has 8 nitrogen and oxygen atoms in total. The monoisotopic (exact) mass is 410 g/mol. The van der Waals surface area contributed by atoms with Gasteiger partial charge in [0.25, 0.3) is 0 Å². The van der Waals surface area contributed by atoms with Crippen LogP contribution in [0.4, 0.5) is 17.1 Å². The molecule has 2 aromatic rings. The number of ether oxygens (including phenoxy) is 1. The van der Waals surface area contributed by atoms with Gasteiger partial charge < -0.3 is 20.3 Å². The topological polar surface area (TPSA) is 91.0 Å². The Morgan fingerprint density at radius 3 is 2.73 bits per heavy atom. The third-order valence-electron chi connectivity index (χ3n) is 4.80. The molecule has 1 aliphatic rings. The summed E-state index contributed by atoms with van der Waals surface area (Å²) in [7, 11) is 3.27. The van der Waals surface area contributed by atoms with Crippen molar-refractivity contribution in [1.29, 1.82) is 0 Å². The number of benzene rings is 2. The molecule has 1 aliphatic heterocycles. The molecule has 0 fully saturated rings. The highest BCUT2D eigenvalue weighted by molar-refractivity contribution is 6.05. The zero-order valence-corrected chi connectivity index (χ0v) is 17.3. The normalized spacial score (nSPS) is 15.8. The Kier molecular flexibility index (Phi) is 6.68. The highest BCUT2D eigenvalue weighted by Gasteiger charge is 2.30. The highest BCUT2D eigenvalue weighted by atomic mass is 16.5. The van der Waals surface area contributed by atoms with Gasteiger partial charge in [-0.1, -0.05) is 18.2 Å². The molecule has 0 bridgehead atoms. The number of para-hydroxylation sites is 2. The Hall–Kier alpha value is -3.39. The lowest BCUT2D eigenvalue weighted by atomic mass is 10.1. The van der Waals surface area contributed by atoms with E-state index in [4.69, 9.17) is 4.74 Å². The molecule has 8 heteroatoms. The molecule has 0 radical (unpaired) electrons. The minimum atomic E-state index is -0.292. The molecule has 3 rings (SSSR count). The van der Waals surface area contributed by atoms with Crippen molar-refractivity contribution in [3.63, 3.8) is 0 Å². The van der Waals surface area contributed by atoms with Gasteiger partial charge in [-0.25, -0.2) is 0 Å². The quantitative estimate of drug-likeness (QED) is 0.763. The maximum atomic E-state index is 13.1. The number of likely N-dealkylation sites (N-methyl/N-ethyl adjacent to an activating group) is 1. The largest absolute Gasteiger partial charge is 0.497 e. The van der Waals surface area contributed by atoms with Gasteiger partial charge in [-0.3, -0.25) is 19.3 Å². The third-order valence-corrected chi connectivity index (χ3v) is 4.80. The first-order chi connectivity index (χ1) is 14.4. The molecule has 158 valence electrons. The number of anilines is 3. The number of rotatable bonds is 6. The van der Waals surface area contributed by atoms with E-state index in [-0.39, 0.29) is 43.3 Å². The molecule has 1 heterocycles. The fraction of sp³-hybridized carbons (Fsp3) is 0.318. The lowest BCUT2D eigenvalue weighted by Crippen LogP contribution is -2.45. The van der Waals surface area contributed by atoms with E-state index in [1.165, 1.54) is 0 Å². The number of nitrogens with one attached hydrogen (secondary N) is 2. The predicted octanol–water partition coefficient (Wildman–Crippen LogP) is 2.33. The number of hydrogen-bond acceptors (Lipinski definition) is 5. The van der Waals surface area contributed by atoms with Gasteiger partial charge in [0.05, 0.1) is 31.6 Å². The van der Waals surface area contributed by atoms with Gasteiger partial charge in [-0.2, -0.15) is 0 Å². The van der Waals surface area contributed by atoms with E-state index in [1.54, 1.807) is 54.3 Å². The number of methoxy groups -OCH3 is 1. The summed E-state index contributed by atoms with van der Waals surface area (Å²) in [6.45, 7) is 1.93. The molecule has 0 saturated heterocycles. The molecule has 3 amide bonds. The van der Waals surface area contributed by atoms with Crippen LogP contribution in [0.15, 0.2) is 48.5 Å². The zero-order valence-electron chi connectivity index (χ0n) is 17.3. The Morgan fingerprint density at radius 2 is 1.97 bits per heavy atom. The molecule has 0 aromatic heterocycles. The fourth-order valence-corrected chi connectivity index (χ4v) is 3.48. The van der Waals surface area contributed by atoms with Crippen molar-refractivity contribution in [3.05, 3.63) is 48.5 Å². The van der Waals surface area contributed by atoms with Crippen molar-refractivity contribution in [2.24, 2.45) is 0 Å². The summed E-state index contributed by atoms with van der Waals surface area (Å²) in [5.41, 5.74) is 1.90. The Bertz CT molecular complexity index is 946. The highest BCUT2D eigenvalue weighted by Crippen LogP contribution is 2.31. The molecular formula is C22H26N4O4. The van der Waals surface area contributed by atoms with Crippen molar-refractivity contribution < 1.29 is 19.1 Å². The molecule has 0 saturated carbocycles. The summed E-state index contributed by atoms with van der Waals surface area (Å²) >= 11 is 0. The van der Waals surface area contributed by atoms with Crippen LogP contribution in [0.2, 0.25) is 0 Å². The van der Waals surface area contributed by atoms with Crippen molar-refractivity contribution >= 4 is 34.8 Å². The second-order valence-electron chi connectivity index (χ2n) is 7.33. The number of hydrogen-bond donors (Lipinski definition) is 2. The fourth-order valence-electron chi connectivity index (χ4n) is 3.48. The van der Waals surface area contributed by atoms with Gasteiger partial charge in [0.15, 0.2) is 0 Å². The van der Waals surface area contributed by atoms with E-state index >= 15 is 0 Å². The summed E-state index contributed by atoms with van der Waals surface area (Å²) in [4.78, 5) is 40.8. The summed E-state index contributed by atoms with van der Waals surface area (Å²) in [5, 5.41) is 5.64. The van der Waals surface area contributed by atoms with Crippen LogP contribution in [-0.4, -0.2) is 55.9 Å². The standard InChI is InChI=1S/C22H26N4O4/c1-15-11-20(27)24-18-9-4-5-10-19(18)26(15)22(29)14-25(2)13-21(28)23-16-7-6-8-17(12-16)30-3/h4-10,12,15H,11,13-14H2,1-3H3,(H,23,28)(H,24,27). The summed E-state index contributed by atoms with van der Waals surface area (Å²) < 4.78 is 5.15. The predicted molar refractivity (Wildman–Crippen MR) is 116 cm³/mol. The zero-order chi connectivity index (χ0) is 21.7. The summed E-state index contributed by atoms with van der Waals surface area (Å²) in [6, 6.07) is 14.0. The van der Waals surface area contributed by atoms with Crippen molar-refractivity contribution in [2.75, 3.05) is 42.8 Å². The molecular weight excluding hydrogens is 384 g/mol. The number of carbonyl (C=O) groups is 3. The van der Waals surface area contributed by atoms with Crippen LogP contribution >= 0.6 is 0 Å². The van der Waals surface area contributed by atoms with Crippen molar-refractivity contribution in [1.82, 2.24) is 4.90 Å². The Labute approximate surface area is 175 Å². The van der Waals surface area contributed by atoms with Crippen molar-refractivity contribution in [3.8, 4) is 5.75 Å². The first-order valence-corrected chi connectivity index (χ1v) is 9.70. The van der Waals surface area contributed by atoms with Gasteiger partial charge in [-0.15, -0.1) is 0 Å². The second kappa shape index (κ2) is 9.41. The molecule has 2 N–H and O–H groups in total. The Balaban J connectivity index is 1.64.